The highest BCUT2D eigenvalue weighted by molar-refractivity contribution is 6.33. The molecule has 0 saturated carbocycles. The molecule has 0 amide bonds. The van der Waals surface area contributed by atoms with Gasteiger partial charge < -0.3 is 9.57 Å². The molecule has 0 N–H and O–H groups in total. The molecule has 0 aliphatic carbocycles. The molecule has 4 nitrogen and oxygen atoms in total. The first-order chi connectivity index (χ1) is 13.9. The van der Waals surface area contributed by atoms with Crippen LogP contribution in [0.5, 0.6) is 5.75 Å². The number of nitrogens with zero attached hydrogens (tertiary/aromatic N) is 2. The molecular formula is C21H16ClF3N2O2. The molecule has 8 heteroatoms. The van der Waals surface area contributed by atoms with Gasteiger partial charge in [0.1, 0.15) is 12.4 Å². The van der Waals surface area contributed by atoms with Gasteiger partial charge in [-0.1, -0.05) is 53.2 Å². The molecule has 0 atom stereocenters. The second kappa shape index (κ2) is 8.96. The molecular weight excluding hydrogens is 405 g/mol. The topological polar surface area (TPSA) is 43.7 Å². The number of rotatable bonds is 6. The van der Waals surface area contributed by atoms with Crippen molar-refractivity contribution in [3.05, 3.63) is 82.5 Å². The minimum Gasteiger partial charge on any atom is -0.497 e. The molecule has 0 radical (unpaired) electrons. The van der Waals surface area contributed by atoms with Crippen LogP contribution in [0.25, 0.3) is 11.3 Å². The van der Waals surface area contributed by atoms with Gasteiger partial charge in [0.05, 0.1) is 29.6 Å². The maximum atomic E-state index is 12.7. The fraction of sp³-hybridized carbons (Fsp3) is 0.143. The summed E-state index contributed by atoms with van der Waals surface area (Å²) in [6, 6.07) is 15.2. The van der Waals surface area contributed by atoms with Crippen LogP contribution >= 0.6 is 11.6 Å². The van der Waals surface area contributed by atoms with E-state index in [1.165, 1.54) is 6.21 Å². The lowest BCUT2D eigenvalue weighted by molar-refractivity contribution is -0.137. The fourth-order valence-electron chi connectivity index (χ4n) is 2.50. The van der Waals surface area contributed by atoms with Crippen molar-refractivity contribution in [3.8, 4) is 17.0 Å². The number of aromatic nitrogens is 1. The number of benzene rings is 2. The molecule has 0 spiro atoms. The minimum atomic E-state index is -4.49. The zero-order valence-corrected chi connectivity index (χ0v) is 16.0. The Labute approximate surface area is 170 Å². The Bertz CT molecular complexity index is 1010. The number of oxime groups is 1. The highest BCUT2D eigenvalue weighted by Crippen LogP contribution is 2.33. The molecule has 0 bridgehead atoms. The smallest absolute Gasteiger partial charge is 0.417 e. The van der Waals surface area contributed by atoms with Crippen LogP contribution < -0.4 is 4.74 Å². The Hall–Kier alpha value is -3.06. The molecule has 3 aromatic rings. The van der Waals surface area contributed by atoms with E-state index in [-0.39, 0.29) is 17.3 Å². The van der Waals surface area contributed by atoms with Crippen molar-refractivity contribution in [2.75, 3.05) is 7.11 Å². The number of hydrogen-bond acceptors (Lipinski definition) is 4. The van der Waals surface area contributed by atoms with Gasteiger partial charge in [-0.25, -0.2) is 0 Å². The van der Waals surface area contributed by atoms with Crippen molar-refractivity contribution in [1.82, 2.24) is 4.98 Å². The largest absolute Gasteiger partial charge is 0.497 e. The van der Waals surface area contributed by atoms with Crippen LogP contribution in [0.2, 0.25) is 5.02 Å². The first-order valence-electron chi connectivity index (χ1n) is 8.48. The van der Waals surface area contributed by atoms with E-state index in [9.17, 15) is 13.2 Å². The van der Waals surface area contributed by atoms with Gasteiger partial charge in [0.25, 0.3) is 0 Å². The SMILES string of the molecule is COc1cccc(CON=Cc2ccc(-c3ncc(C(F)(F)F)cc3Cl)cc2)c1. The van der Waals surface area contributed by atoms with Crippen LogP contribution in [0.4, 0.5) is 13.2 Å². The lowest BCUT2D eigenvalue weighted by Gasteiger charge is -2.09. The second-order valence-electron chi connectivity index (χ2n) is 6.03. The normalized spacial score (nSPS) is 11.6. The fourth-order valence-corrected chi connectivity index (χ4v) is 2.78. The maximum Gasteiger partial charge on any atom is 0.417 e. The third kappa shape index (κ3) is 5.48. The van der Waals surface area contributed by atoms with Gasteiger partial charge in [-0.05, 0) is 29.3 Å². The summed E-state index contributed by atoms with van der Waals surface area (Å²) in [4.78, 5) is 9.12. The van der Waals surface area contributed by atoms with E-state index >= 15 is 0 Å². The average molecular weight is 421 g/mol. The van der Waals surface area contributed by atoms with Gasteiger partial charge >= 0.3 is 6.18 Å². The third-order valence-corrected chi connectivity index (χ3v) is 4.28. The van der Waals surface area contributed by atoms with Crippen molar-refractivity contribution in [2.45, 2.75) is 12.8 Å². The second-order valence-corrected chi connectivity index (χ2v) is 6.44. The van der Waals surface area contributed by atoms with E-state index in [4.69, 9.17) is 21.2 Å². The summed E-state index contributed by atoms with van der Waals surface area (Å²) in [5.74, 6) is 0.737. The third-order valence-electron chi connectivity index (χ3n) is 3.99. The molecule has 3 rings (SSSR count). The Balaban J connectivity index is 1.63. The van der Waals surface area contributed by atoms with Gasteiger partial charge in [0, 0.05) is 11.8 Å². The maximum absolute atomic E-state index is 12.7. The monoisotopic (exact) mass is 420 g/mol. The van der Waals surface area contributed by atoms with Gasteiger partial charge in [0.15, 0.2) is 0 Å². The predicted octanol–water partition coefficient (Wildman–Crippen LogP) is 5.98. The molecule has 150 valence electrons. The van der Waals surface area contributed by atoms with Crippen LogP contribution in [-0.4, -0.2) is 18.3 Å². The molecule has 0 unspecified atom stereocenters. The van der Waals surface area contributed by atoms with Crippen LogP contribution in [0.15, 0.2) is 65.9 Å². The van der Waals surface area contributed by atoms with Crippen molar-refractivity contribution >= 4 is 17.8 Å². The van der Waals surface area contributed by atoms with E-state index in [0.29, 0.717) is 5.56 Å². The Morgan fingerprint density at radius 1 is 1.10 bits per heavy atom. The number of halogens is 4. The van der Waals surface area contributed by atoms with E-state index < -0.39 is 11.7 Å². The number of hydrogen-bond donors (Lipinski definition) is 0. The van der Waals surface area contributed by atoms with E-state index in [0.717, 1.165) is 29.1 Å². The summed E-state index contributed by atoms with van der Waals surface area (Å²) >= 11 is 5.97. The minimum absolute atomic E-state index is 0.0668. The Morgan fingerprint density at radius 2 is 1.86 bits per heavy atom. The predicted molar refractivity (Wildman–Crippen MR) is 105 cm³/mol. The standard InChI is InChI=1S/C21H16ClF3N2O2/c1-28-18-4-2-3-15(9-18)13-29-27-11-14-5-7-16(8-6-14)20-19(22)10-17(12-26-20)21(23,24)25/h2-12H,13H2,1H3. The Kier molecular flexibility index (Phi) is 6.39. The van der Waals surface area contributed by atoms with Crippen LogP contribution in [0.1, 0.15) is 16.7 Å². The first kappa shape index (κ1) is 20.7. The van der Waals surface area contributed by atoms with E-state index in [2.05, 4.69) is 10.1 Å². The van der Waals surface area contributed by atoms with Crippen LogP contribution in [0.3, 0.4) is 0 Å². The molecule has 1 aromatic heterocycles. The molecule has 2 aromatic carbocycles. The zero-order valence-electron chi connectivity index (χ0n) is 15.3. The Morgan fingerprint density at radius 3 is 2.52 bits per heavy atom. The highest BCUT2D eigenvalue weighted by atomic mass is 35.5. The molecule has 0 fully saturated rings. The summed E-state index contributed by atoms with van der Waals surface area (Å²) in [7, 11) is 1.59. The van der Waals surface area contributed by atoms with Crippen molar-refractivity contribution < 1.29 is 22.7 Å². The molecule has 0 aliphatic heterocycles. The number of pyridine rings is 1. The lowest BCUT2D eigenvalue weighted by Crippen LogP contribution is -2.05. The summed E-state index contributed by atoms with van der Waals surface area (Å²) in [6.45, 7) is 0.289. The average Bonchev–Trinajstić information content (AvgIpc) is 2.71. The van der Waals surface area contributed by atoms with Crippen molar-refractivity contribution in [1.29, 1.82) is 0 Å². The summed E-state index contributed by atoms with van der Waals surface area (Å²) in [6.07, 6.45) is -2.19. The van der Waals surface area contributed by atoms with E-state index in [1.807, 2.05) is 24.3 Å². The van der Waals surface area contributed by atoms with Crippen LogP contribution in [0, 0.1) is 0 Å². The van der Waals surface area contributed by atoms with Gasteiger partial charge in [-0.3, -0.25) is 4.98 Å². The van der Waals surface area contributed by atoms with Gasteiger partial charge in [-0.15, -0.1) is 0 Å². The van der Waals surface area contributed by atoms with Crippen molar-refractivity contribution in [2.24, 2.45) is 5.16 Å². The zero-order chi connectivity index (χ0) is 20.9. The van der Waals surface area contributed by atoms with Gasteiger partial charge in [0.2, 0.25) is 0 Å². The van der Waals surface area contributed by atoms with Gasteiger partial charge in [-0.2, -0.15) is 13.2 Å². The number of alkyl halides is 3. The molecule has 0 aliphatic rings. The molecule has 0 saturated heterocycles. The van der Waals surface area contributed by atoms with E-state index in [1.54, 1.807) is 31.4 Å². The summed E-state index contributed by atoms with van der Waals surface area (Å²) in [5, 5.41) is 3.85. The first-order valence-corrected chi connectivity index (χ1v) is 8.86. The summed E-state index contributed by atoms with van der Waals surface area (Å²) < 4.78 is 43.3. The van der Waals surface area contributed by atoms with Crippen LogP contribution in [-0.2, 0) is 17.6 Å². The quantitative estimate of drug-likeness (QED) is 0.364. The number of ether oxygens (including phenoxy) is 1. The number of methoxy groups -OCH3 is 1. The lowest BCUT2D eigenvalue weighted by atomic mass is 10.1. The molecule has 1 heterocycles. The van der Waals surface area contributed by atoms with Crippen molar-refractivity contribution in [3.63, 3.8) is 0 Å². The summed E-state index contributed by atoms with van der Waals surface area (Å²) in [5.41, 5.74) is 1.65. The molecule has 29 heavy (non-hydrogen) atoms. The highest BCUT2D eigenvalue weighted by Gasteiger charge is 2.31.